The van der Waals surface area contributed by atoms with Crippen LogP contribution in [0.15, 0.2) is 35.7 Å². The van der Waals surface area contributed by atoms with Crippen LogP contribution in [-0.4, -0.2) is 30.0 Å². The van der Waals surface area contributed by atoms with Crippen LogP contribution < -0.4 is 16.4 Å². The number of carbonyl (C=O) groups excluding carboxylic acids is 1. The number of non-ortho nitro benzene ring substituents is 1. The van der Waals surface area contributed by atoms with Crippen LogP contribution in [0.3, 0.4) is 0 Å². The first-order valence-electron chi connectivity index (χ1n) is 8.43. The van der Waals surface area contributed by atoms with Gasteiger partial charge in [0.05, 0.1) is 22.2 Å². The van der Waals surface area contributed by atoms with Crippen LogP contribution >= 0.6 is 11.3 Å². The van der Waals surface area contributed by atoms with Gasteiger partial charge in [0, 0.05) is 36.5 Å². The fraction of sp³-hybridized carbons (Fsp3) is 0.333. The zero-order chi connectivity index (χ0) is 19.8. The zero-order valence-electron chi connectivity index (χ0n) is 14.7. The van der Waals surface area contributed by atoms with Crippen molar-refractivity contribution in [1.29, 1.82) is 5.26 Å². The van der Waals surface area contributed by atoms with Crippen LogP contribution in [0.1, 0.15) is 23.3 Å². The van der Waals surface area contributed by atoms with Crippen molar-refractivity contribution in [2.45, 2.75) is 25.3 Å². The smallest absolute Gasteiger partial charge is 0.270 e. The SMILES string of the molecule is N#Cc1cc([N+](=O)[O-])ccc1N1CCCC1.NC(=O)[C@@H](N)Cc1cccs1. The van der Waals surface area contributed by atoms with Crippen molar-refractivity contribution in [3.8, 4) is 6.07 Å². The Morgan fingerprint density at radius 3 is 2.59 bits per heavy atom. The molecule has 2 aromatic rings. The molecule has 1 aliphatic rings. The Morgan fingerprint density at radius 1 is 1.37 bits per heavy atom. The minimum absolute atomic E-state index is 0.0282. The molecule has 0 saturated carbocycles. The summed E-state index contributed by atoms with van der Waals surface area (Å²) in [6, 6.07) is 9.80. The van der Waals surface area contributed by atoms with Gasteiger partial charge in [0.15, 0.2) is 0 Å². The highest BCUT2D eigenvalue weighted by molar-refractivity contribution is 7.09. The third-order valence-corrected chi connectivity index (χ3v) is 5.02. The number of nitrogens with two attached hydrogens (primary N) is 2. The minimum atomic E-state index is -0.548. The molecule has 1 amide bonds. The average Bonchev–Trinajstić information content (AvgIpc) is 3.35. The van der Waals surface area contributed by atoms with E-state index < -0.39 is 16.9 Å². The van der Waals surface area contributed by atoms with Crippen molar-refractivity contribution in [1.82, 2.24) is 0 Å². The van der Waals surface area contributed by atoms with Gasteiger partial charge in [-0.15, -0.1) is 11.3 Å². The number of primary amides is 1. The maximum atomic E-state index is 10.6. The molecule has 0 aliphatic carbocycles. The predicted octanol–water partition coefficient (Wildman–Crippen LogP) is 2.17. The average molecular weight is 387 g/mol. The van der Waals surface area contributed by atoms with Gasteiger partial charge in [-0.1, -0.05) is 6.07 Å². The number of nitro groups is 1. The maximum Gasteiger partial charge on any atom is 0.270 e. The molecule has 1 atom stereocenters. The Morgan fingerprint density at radius 2 is 2.07 bits per heavy atom. The lowest BCUT2D eigenvalue weighted by molar-refractivity contribution is -0.384. The molecule has 1 aromatic heterocycles. The summed E-state index contributed by atoms with van der Waals surface area (Å²) in [7, 11) is 0. The summed E-state index contributed by atoms with van der Waals surface area (Å²) in [4.78, 5) is 23.8. The van der Waals surface area contributed by atoms with Gasteiger partial charge in [0.1, 0.15) is 6.07 Å². The van der Waals surface area contributed by atoms with Crippen LogP contribution in [0.5, 0.6) is 0 Å². The summed E-state index contributed by atoms with van der Waals surface area (Å²) < 4.78 is 0. The van der Waals surface area contributed by atoms with E-state index >= 15 is 0 Å². The lowest BCUT2D eigenvalue weighted by Crippen LogP contribution is -2.37. The molecule has 0 bridgehead atoms. The lowest BCUT2D eigenvalue weighted by Gasteiger charge is -2.18. The fourth-order valence-electron chi connectivity index (χ4n) is 2.71. The monoisotopic (exact) mass is 387 g/mol. The van der Waals surface area contributed by atoms with Gasteiger partial charge in [0.2, 0.25) is 5.91 Å². The molecule has 142 valence electrons. The first-order chi connectivity index (χ1) is 12.9. The molecular weight excluding hydrogens is 366 g/mol. The highest BCUT2D eigenvalue weighted by Gasteiger charge is 2.18. The lowest BCUT2D eigenvalue weighted by atomic mass is 10.1. The third-order valence-electron chi connectivity index (χ3n) is 4.12. The quantitative estimate of drug-likeness (QED) is 0.595. The van der Waals surface area contributed by atoms with Crippen LogP contribution in [0.4, 0.5) is 11.4 Å². The van der Waals surface area contributed by atoms with E-state index in [2.05, 4.69) is 4.90 Å². The number of thiophene rings is 1. The first-order valence-corrected chi connectivity index (χ1v) is 9.31. The predicted molar refractivity (Wildman–Crippen MR) is 104 cm³/mol. The van der Waals surface area contributed by atoms with Gasteiger partial charge >= 0.3 is 0 Å². The van der Waals surface area contributed by atoms with Gasteiger partial charge in [-0.05, 0) is 30.4 Å². The maximum absolute atomic E-state index is 10.6. The third kappa shape index (κ3) is 5.77. The number of amides is 1. The Hall–Kier alpha value is -2.96. The molecule has 1 fully saturated rings. The van der Waals surface area contributed by atoms with Crippen molar-refractivity contribution < 1.29 is 9.72 Å². The number of hydrogen-bond donors (Lipinski definition) is 2. The molecular formula is C18H21N5O3S. The molecule has 4 N–H and O–H groups in total. The Labute approximate surface area is 161 Å². The van der Waals surface area contributed by atoms with E-state index in [9.17, 15) is 14.9 Å². The van der Waals surface area contributed by atoms with E-state index in [4.69, 9.17) is 16.7 Å². The number of hydrogen-bond acceptors (Lipinski definition) is 7. The van der Waals surface area contributed by atoms with E-state index in [1.54, 1.807) is 17.4 Å². The molecule has 0 unspecified atom stereocenters. The van der Waals surface area contributed by atoms with E-state index in [1.165, 1.54) is 12.1 Å². The second-order valence-electron chi connectivity index (χ2n) is 6.06. The number of nitro benzene ring substituents is 1. The summed E-state index contributed by atoms with van der Waals surface area (Å²) in [5, 5.41) is 21.5. The molecule has 1 saturated heterocycles. The van der Waals surface area contributed by atoms with Gasteiger partial charge in [0.25, 0.3) is 5.69 Å². The largest absolute Gasteiger partial charge is 0.370 e. The first kappa shape index (κ1) is 20.4. The molecule has 1 aromatic carbocycles. The molecule has 8 nitrogen and oxygen atoms in total. The van der Waals surface area contributed by atoms with E-state index in [-0.39, 0.29) is 5.69 Å². The number of nitriles is 1. The van der Waals surface area contributed by atoms with Crippen LogP contribution in [0, 0.1) is 21.4 Å². The zero-order valence-corrected chi connectivity index (χ0v) is 15.5. The van der Waals surface area contributed by atoms with Crippen molar-refractivity contribution in [2.75, 3.05) is 18.0 Å². The second kappa shape index (κ2) is 9.66. The summed E-state index contributed by atoms with van der Waals surface area (Å²) in [6.07, 6.45) is 2.77. The normalized spacial score (nSPS) is 14.0. The number of anilines is 1. The summed E-state index contributed by atoms with van der Waals surface area (Å²) in [6.45, 7) is 1.85. The molecule has 3 rings (SSSR count). The summed E-state index contributed by atoms with van der Waals surface area (Å²) in [5.41, 5.74) is 11.6. The topological polar surface area (TPSA) is 139 Å². The van der Waals surface area contributed by atoms with E-state index in [0.29, 0.717) is 12.0 Å². The number of carbonyl (C=O) groups is 1. The molecule has 27 heavy (non-hydrogen) atoms. The minimum Gasteiger partial charge on any atom is -0.370 e. The Balaban J connectivity index is 0.000000208. The van der Waals surface area contributed by atoms with Gasteiger partial charge < -0.3 is 16.4 Å². The fourth-order valence-corrected chi connectivity index (χ4v) is 3.47. The van der Waals surface area contributed by atoms with Gasteiger partial charge in [-0.3, -0.25) is 14.9 Å². The Kier molecular flexibility index (Phi) is 7.28. The Bertz CT molecular complexity index is 826. The highest BCUT2D eigenvalue weighted by atomic mass is 32.1. The van der Waals surface area contributed by atoms with Crippen LogP contribution in [-0.2, 0) is 11.2 Å². The summed E-state index contributed by atoms with van der Waals surface area (Å²) in [5.74, 6) is -0.446. The number of rotatable bonds is 5. The molecule has 0 spiro atoms. The highest BCUT2D eigenvalue weighted by Crippen LogP contribution is 2.27. The number of benzene rings is 1. The van der Waals surface area contributed by atoms with Crippen molar-refractivity contribution >= 4 is 28.6 Å². The van der Waals surface area contributed by atoms with Gasteiger partial charge in [-0.25, -0.2) is 0 Å². The van der Waals surface area contributed by atoms with Crippen molar-refractivity contribution in [3.63, 3.8) is 0 Å². The van der Waals surface area contributed by atoms with Crippen LogP contribution in [0.2, 0.25) is 0 Å². The van der Waals surface area contributed by atoms with Gasteiger partial charge in [-0.2, -0.15) is 5.26 Å². The number of nitrogens with zero attached hydrogens (tertiary/aromatic N) is 3. The molecule has 0 radical (unpaired) electrons. The molecule has 1 aliphatic heterocycles. The molecule has 9 heteroatoms. The van der Waals surface area contributed by atoms with Crippen molar-refractivity contribution in [3.05, 3.63) is 56.3 Å². The summed E-state index contributed by atoms with van der Waals surface area (Å²) >= 11 is 1.58. The van der Waals surface area contributed by atoms with E-state index in [1.807, 2.05) is 23.6 Å². The standard InChI is InChI=1S/C11H11N3O2.C7H10N2OS/c12-8-9-7-10(14(15)16)3-4-11(9)13-5-1-2-6-13;8-6(7(9)10)4-5-2-1-3-11-5/h3-4,7H,1-2,5-6H2;1-3,6H,4,8H2,(H2,9,10)/t;6-/m.0/s1. The van der Waals surface area contributed by atoms with Crippen molar-refractivity contribution in [2.24, 2.45) is 11.5 Å². The molecule has 2 heterocycles. The van der Waals surface area contributed by atoms with Crippen LogP contribution in [0.25, 0.3) is 0 Å². The van der Waals surface area contributed by atoms with E-state index in [0.717, 1.165) is 36.5 Å². The second-order valence-corrected chi connectivity index (χ2v) is 7.09.